The van der Waals surface area contributed by atoms with Crippen LogP contribution in [-0.2, 0) is 0 Å². The molecule has 0 spiro atoms. The van der Waals surface area contributed by atoms with Gasteiger partial charge in [-0.25, -0.2) is 4.98 Å². The van der Waals surface area contributed by atoms with Crippen molar-refractivity contribution in [2.75, 3.05) is 0 Å². The third-order valence-corrected chi connectivity index (χ3v) is 4.20. The van der Waals surface area contributed by atoms with Crippen molar-refractivity contribution in [3.63, 3.8) is 0 Å². The van der Waals surface area contributed by atoms with Gasteiger partial charge < -0.3 is 5.32 Å². The number of aromatic nitrogens is 2. The lowest BCUT2D eigenvalue weighted by Gasteiger charge is -2.13. The molecule has 3 aromatic rings. The van der Waals surface area contributed by atoms with Crippen molar-refractivity contribution in [1.82, 2.24) is 15.3 Å². The van der Waals surface area contributed by atoms with Crippen LogP contribution < -0.4 is 5.32 Å². The molecule has 22 heavy (non-hydrogen) atoms. The van der Waals surface area contributed by atoms with Gasteiger partial charge in [-0.15, -0.1) is 11.3 Å². The van der Waals surface area contributed by atoms with Crippen LogP contribution in [-0.4, -0.2) is 15.9 Å². The van der Waals surface area contributed by atoms with Crippen molar-refractivity contribution in [3.8, 4) is 10.6 Å². The summed E-state index contributed by atoms with van der Waals surface area (Å²) in [5, 5.41) is 5.57. The van der Waals surface area contributed by atoms with Gasteiger partial charge in [0.2, 0.25) is 0 Å². The van der Waals surface area contributed by atoms with E-state index in [0.717, 1.165) is 16.1 Å². The van der Waals surface area contributed by atoms with Crippen molar-refractivity contribution in [2.45, 2.75) is 13.0 Å². The highest BCUT2D eigenvalue weighted by Gasteiger charge is 2.15. The number of hydrogen-bond donors (Lipinski definition) is 1. The molecule has 3 rings (SSSR count). The van der Waals surface area contributed by atoms with E-state index < -0.39 is 0 Å². The van der Waals surface area contributed by atoms with Gasteiger partial charge in [-0.05, 0) is 24.6 Å². The van der Waals surface area contributed by atoms with Crippen molar-refractivity contribution in [3.05, 3.63) is 71.5 Å². The van der Waals surface area contributed by atoms with E-state index in [2.05, 4.69) is 15.3 Å². The number of rotatable bonds is 4. The minimum Gasteiger partial charge on any atom is -0.344 e. The third kappa shape index (κ3) is 3.20. The van der Waals surface area contributed by atoms with Gasteiger partial charge >= 0.3 is 0 Å². The molecule has 0 saturated carbocycles. The van der Waals surface area contributed by atoms with Crippen LogP contribution in [0, 0.1) is 0 Å². The number of carbonyl (C=O) groups excluding carboxylic acids is 1. The largest absolute Gasteiger partial charge is 0.344 e. The molecule has 0 fully saturated rings. The number of nitrogens with one attached hydrogen (secondary N) is 1. The van der Waals surface area contributed by atoms with E-state index in [9.17, 15) is 4.79 Å². The Labute approximate surface area is 132 Å². The second kappa shape index (κ2) is 6.49. The number of benzene rings is 1. The van der Waals surface area contributed by atoms with Crippen LogP contribution in [0.15, 0.2) is 60.2 Å². The lowest BCUT2D eigenvalue weighted by molar-refractivity contribution is 0.0935. The Morgan fingerprint density at radius 2 is 1.86 bits per heavy atom. The fourth-order valence-electron chi connectivity index (χ4n) is 2.10. The van der Waals surface area contributed by atoms with Gasteiger partial charge in [-0.3, -0.25) is 9.78 Å². The summed E-state index contributed by atoms with van der Waals surface area (Å²) in [6, 6.07) is 13.6. The predicted octanol–water partition coefficient (Wildman–Crippen LogP) is 3.70. The molecule has 1 N–H and O–H groups in total. The summed E-state index contributed by atoms with van der Waals surface area (Å²) in [5.41, 5.74) is 2.48. The summed E-state index contributed by atoms with van der Waals surface area (Å²) in [6.07, 6.45) is 3.43. The molecular formula is C17H15N3OS. The van der Waals surface area contributed by atoms with Crippen LogP contribution in [0.5, 0.6) is 0 Å². The molecule has 0 aliphatic carbocycles. The average molecular weight is 309 g/mol. The zero-order valence-corrected chi connectivity index (χ0v) is 12.9. The van der Waals surface area contributed by atoms with Crippen LogP contribution in [0.2, 0.25) is 0 Å². The number of nitrogens with zero attached hydrogens (tertiary/aromatic N) is 2. The van der Waals surface area contributed by atoms with Crippen LogP contribution >= 0.6 is 11.3 Å². The van der Waals surface area contributed by atoms with Crippen molar-refractivity contribution in [2.24, 2.45) is 0 Å². The molecule has 5 heteroatoms. The zero-order chi connectivity index (χ0) is 15.4. The maximum Gasteiger partial charge on any atom is 0.271 e. The van der Waals surface area contributed by atoms with Gasteiger partial charge in [0.25, 0.3) is 5.91 Å². The summed E-state index contributed by atoms with van der Waals surface area (Å²) < 4.78 is 0. The summed E-state index contributed by atoms with van der Waals surface area (Å²) in [5.74, 6) is -0.159. The molecule has 0 bridgehead atoms. The lowest BCUT2D eigenvalue weighted by atomic mass is 10.1. The molecule has 0 aliphatic rings. The monoisotopic (exact) mass is 309 g/mol. The molecule has 0 aliphatic heterocycles. The molecule has 2 heterocycles. The highest BCUT2D eigenvalue weighted by atomic mass is 32.1. The standard InChI is InChI=1S/C17H15N3OS/c1-12(13-5-3-2-4-6-13)19-16(21)15-11-22-17(20-15)14-7-9-18-10-8-14/h2-12H,1H3,(H,19,21). The van der Waals surface area contributed by atoms with Gasteiger partial charge in [-0.2, -0.15) is 0 Å². The first-order valence-corrected chi connectivity index (χ1v) is 7.84. The number of thiazole rings is 1. The van der Waals surface area contributed by atoms with E-state index in [0.29, 0.717) is 5.69 Å². The Morgan fingerprint density at radius 3 is 2.59 bits per heavy atom. The third-order valence-electron chi connectivity index (χ3n) is 3.31. The minimum absolute atomic E-state index is 0.0558. The minimum atomic E-state index is -0.159. The number of amides is 1. The molecule has 110 valence electrons. The van der Waals surface area contributed by atoms with E-state index in [-0.39, 0.29) is 11.9 Å². The highest BCUT2D eigenvalue weighted by molar-refractivity contribution is 7.13. The molecule has 0 saturated heterocycles. The summed E-state index contributed by atoms with van der Waals surface area (Å²) in [4.78, 5) is 20.7. The van der Waals surface area contributed by atoms with E-state index in [1.165, 1.54) is 11.3 Å². The van der Waals surface area contributed by atoms with Crippen LogP contribution in [0.25, 0.3) is 10.6 Å². The fourth-order valence-corrected chi connectivity index (χ4v) is 2.91. The Bertz CT molecular complexity index is 756. The van der Waals surface area contributed by atoms with Crippen LogP contribution in [0.1, 0.15) is 29.0 Å². The average Bonchev–Trinajstić information content (AvgIpc) is 3.06. The van der Waals surface area contributed by atoms with E-state index in [4.69, 9.17) is 0 Å². The van der Waals surface area contributed by atoms with Crippen LogP contribution in [0.4, 0.5) is 0 Å². The molecular weight excluding hydrogens is 294 g/mol. The van der Waals surface area contributed by atoms with Crippen molar-refractivity contribution in [1.29, 1.82) is 0 Å². The van der Waals surface area contributed by atoms with Crippen molar-refractivity contribution >= 4 is 17.2 Å². The topological polar surface area (TPSA) is 54.9 Å². The lowest BCUT2D eigenvalue weighted by Crippen LogP contribution is -2.26. The van der Waals surface area contributed by atoms with Gasteiger partial charge in [0.05, 0.1) is 6.04 Å². The van der Waals surface area contributed by atoms with Gasteiger partial charge in [0.15, 0.2) is 0 Å². The SMILES string of the molecule is CC(NC(=O)c1csc(-c2ccncc2)n1)c1ccccc1. The number of carbonyl (C=O) groups is 1. The van der Waals surface area contributed by atoms with Crippen molar-refractivity contribution < 1.29 is 4.79 Å². The fraction of sp³-hybridized carbons (Fsp3) is 0.118. The second-order valence-electron chi connectivity index (χ2n) is 4.88. The number of pyridine rings is 1. The van der Waals surface area contributed by atoms with Gasteiger partial charge in [0.1, 0.15) is 10.7 Å². The molecule has 1 unspecified atom stereocenters. The molecule has 1 aromatic carbocycles. The zero-order valence-electron chi connectivity index (χ0n) is 12.1. The predicted molar refractivity (Wildman–Crippen MR) is 87.7 cm³/mol. The Balaban J connectivity index is 1.72. The summed E-state index contributed by atoms with van der Waals surface area (Å²) in [6.45, 7) is 1.96. The second-order valence-corrected chi connectivity index (χ2v) is 5.74. The Kier molecular flexibility index (Phi) is 4.25. The smallest absolute Gasteiger partial charge is 0.271 e. The first-order valence-electron chi connectivity index (χ1n) is 6.96. The Morgan fingerprint density at radius 1 is 1.14 bits per heavy atom. The molecule has 2 aromatic heterocycles. The van der Waals surface area contributed by atoms with Gasteiger partial charge in [-0.1, -0.05) is 30.3 Å². The molecule has 0 radical (unpaired) electrons. The normalized spacial score (nSPS) is 11.9. The summed E-state index contributed by atoms with van der Waals surface area (Å²) >= 11 is 1.45. The molecule has 4 nitrogen and oxygen atoms in total. The van der Waals surface area contributed by atoms with E-state index in [1.54, 1.807) is 17.8 Å². The molecule has 1 amide bonds. The number of hydrogen-bond acceptors (Lipinski definition) is 4. The highest BCUT2D eigenvalue weighted by Crippen LogP contribution is 2.23. The first-order chi connectivity index (χ1) is 10.7. The quantitative estimate of drug-likeness (QED) is 0.799. The Hall–Kier alpha value is -2.53. The van der Waals surface area contributed by atoms with Crippen LogP contribution in [0.3, 0.4) is 0 Å². The maximum atomic E-state index is 12.3. The maximum absolute atomic E-state index is 12.3. The van der Waals surface area contributed by atoms with Gasteiger partial charge in [0, 0.05) is 23.3 Å². The first kappa shape index (κ1) is 14.4. The summed E-state index contributed by atoms with van der Waals surface area (Å²) in [7, 11) is 0. The molecule has 1 atom stereocenters. The van der Waals surface area contributed by atoms with E-state index >= 15 is 0 Å². The van der Waals surface area contributed by atoms with E-state index in [1.807, 2.05) is 49.4 Å².